The van der Waals surface area contributed by atoms with Gasteiger partial charge in [-0.15, -0.1) is 11.3 Å². The maximum absolute atomic E-state index is 12.6. The zero-order valence-corrected chi connectivity index (χ0v) is 17.5. The number of nitrogens with one attached hydrogen (secondary N) is 2. The monoisotopic (exact) mass is 450 g/mol. The van der Waals surface area contributed by atoms with Crippen LogP contribution in [0.5, 0.6) is 0 Å². The fraction of sp³-hybridized carbons (Fsp3) is 0.263. The first kappa shape index (κ1) is 19.6. The van der Waals surface area contributed by atoms with Gasteiger partial charge < -0.3 is 10.1 Å². The minimum atomic E-state index is -0.809. The van der Waals surface area contributed by atoms with Crippen molar-refractivity contribution in [2.75, 3.05) is 11.9 Å². The molecule has 0 radical (unpaired) electrons. The van der Waals surface area contributed by atoms with Crippen LogP contribution in [0.15, 0.2) is 34.8 Å². The van der Waals surface area contributed by atoms with Crippen LogP contribution in [0.1, 0.15) is 33.3 Å². The zero-order valence-electron chi connectivity index (χ0n) is 15.1. The molecule has 0 spiro atoms. The summed E-state index contributed by atoms with van der Waals surface area (Å²) in [6.07, 6.45) is 0.894. The molecule has 142 valence electrons. The van der Waals surface area contributed by atoms with Gasteiger partial charge >= 0.3 is 5.97 Å². The van der Waals surface area contributed by atoms with E-state index in [1.54, 1.807) is 13.0 Å². The summed E-state index contributed by atoms with van der Waals surface area (Å²) in [6.45, 7) is 5.76. The molecule has 2 heterocycles. The fourth-order valence-corrected chi connectivity index (χ4v) is 4.08. The Morgan fingerprint density at radius 1 is 1.37 bits per heavy atom. The summed E-state index contributed by atoms with van der Waals surface area (Å²) in [6, 6.07) is 7.66. The van der Waals surface area contributed by atoms with Gasteiger partial charge in [0.2, 0.25) is 0 Å². The minimum absolute atomic E-state index is 0.273. The molecular formula is C19H19BrN2O4S. The highest BCUT2D eigenvalue weighted by molar-refractivity contribution is 9.10. The predicted octanol–water partition coefficient (Wildman–Crippen LogP) is 4.19. The smallest absolute Gasteiger partial charge is 0.341 e. The van der Waals surface area contributed by atoms with Crippen molar-refractivity contribution in [2.24, 2.45) is 0 Å². The molecule has 3 rings (SSSR count). The number of hydrogen-bond donors (Lipinski definition) is 2. The number of anilines is 1. The van der Waals surface area contributed by atoms with Crippen LogP contribution < -0.4 is 10.8 Å². The van der Waals surface area contributed by atoms with Crippen LogP contribution in [-0.2, 0) is 14.4 Å². The number of amides is 1. The van der Waals surface area contributed by atoms with E-state index in [-0.39, 0.29) is 12.5 Å². The topological polar surface area (TPSA) is 76.7 Å². The molecule has 0 fully saturated rings. The van der Waals surface area contributed by atoms with E-state index >= 15 is 0 Å². The van der Waals surface area contributed by atoms with E-state index in [0.717, 1.165) is 20.5 Å². The number of ether oxygens (including phenoxy) is 1. The van der Waals surface area contributed by atoms with Gasteiger partial charge in [-0.2, -0.15) is 0 Å². The van der Waals surface area contributed by atoms with Crippen molar-refractivity contribution in [2.45, 2.75) is 26.9 Å². The molecule has 0 saturated carbocycles. The van der Waals surface area contributed by atoms with Crippen LogP contribution >= 0.6 is 27.3 Å². The number of esters is 1. The summed E-state index contributed by atoms with van der Waals surface area (Å²) in [5, 5.41) is 3.27. The first-order valence-corrected chi connectivity index (χ1v) is 9.99. The number of carbonyl (C=O) groups excluding carboxylic acids is 2. The molecule has 1 aromatic heterocycles. The number of rotatable bonds is 5. The highest BCUT2D eigenvalue weighted by Crippen LogP contribution is 2.33. The number of aryl methyl sites for hydroxylation is 1. The zero-order chi connectivity index (χ0) is 19.6. The standard InChI is InChI=1S/C19H19BrN2O4S/c1-4-25-19(24)16-10(2)11(3)27-18(16)21-17(23)15-9-14(22-26-15)12-6-5-7-13(20)8-12/h5-9,15,22H,4H2,1-3H3,(H,21,23)/t15-/m0/s1. The van der Waals surface area contributed by atoms with E-state index in [9.17, 15) is 9.59 Å². The molecule has 1 aromatic carbocycles. The number of hydroxylamine groups is 1. The van der Waals surface area contributed by atoms with Crippen LogP contribution in [0.4, 0.5) is 5.00 Å². The Balaban J connectivity index is 1.79. The highest BCUT2D eigenvalue weighted by Gasteiger charge is 2.28. The normalized spacial score (nSPS) is 15.9. The molecule has 6 nitrogen and oxygen atoms in total. The number of carbonyl (C=O) groups is 2. The van der Waals surface area contributed by atoms with E-state index in [4.69, 9.17) is 9.57 Å². The van der Waals surface area contributed by atoms with Crippen LogP contribution in [-0.4, -0.2) is 24.6 Å². The molecule has 2 aromatic rings. The molecule has 27 heavy (non-hydrogen) atoms. The van der Waals surface area contributed by atoms with Gasteiger partial charge in [0, 0.05) is 14.9 Å². The average Bonchev–Trinajstić information content (AvgIpc) is 3.21. The van der Waals surface area contributed by atoms with E-state index < -0.39 is 12.1 Å². The van der Waals surface area contributed by atoms with Crippen LogP contribution in [0.3, 0.4) is 0 Å². The SMILES string of the molecule is CCOC(=O)c1c(NC(=O)[C@@H]2C=C(c3cccc(Br)c3)NO2)sc(C)c1C. The molecule has 2 N–H and O–H groups in total. The van der Waals surface area contributed by atoms with Crippen molar-refractivity contribution < 1.29 is 19.2 Å². The lowest BCUT2D eigenvalue weighted by molar-refractivity contribution is -0.125. The summed E-state index contributed by atoms with van der Waals surface area (Å²) < 4.78 is 6.04. The largest absolute Gasteiger partial charge is 0.462 e. The summed E-state index contributed by atoms with van der Waals surface area (Å²) in [5.41, 5.74) is 5.60. The molecule has 1 aliphatic heterocycles. The number of hydrogen-bond acceptors (Lipinski definition) is 6. The summed E-state index contributed by atoms with van der Waals surface area (Å²) in [4.78, 5) is 31.2. The molecule has 1 amide bonds. The average molecular weight is 451 g/mol. The first-order chi connectivity index (χ1) is 12.9. The van der Waals surface area contributed by atoms with Gasteiger partial charge in [0.1, 0.15) is 5.00 Å². The summed E-state index contributed by atoms with van der Waals surface area (Å²) in [5.74, 6) is -0.801. The van der Waals surface area contributed by atoms with Crippen LogP contribution in [0, 0.1) is 13.8 Å². The third kappa shape index (κ3) is 4.23. The molecule has 8 heteroatoms. The Labute approximate surface area is 169 Å². The Morgan fingerprint density at radius 2 is 2.15 bits per heavy atom. The second kappa shape index (κ2) is 8.24. The molecular weight excluding hydrogens is 432 g/mol. The third-order valence-corrected chi connectivity index (χ3v) is 5.73. The van der Waals surface area contributed by atoms with Gasteiger partial charge in [0.25, 0.3) is 5.91 Å². The van der Waals surface area contributed by atoms with Crippen LogP contribution in [0.25, 0.3) is 5.70 Å². The van der Waals surface area contributed by atoms with Crippen molar-refractivity contribution in [3.63, 3.8) is 0 Å². The lowest BCUT2D eigenvalue weighted by atomic mass is 10.1. The lowest BCUT2D eigenvalue weighted by Gasteiger charge is -2.09. The van der Waals surface area contributed by atoms with Crippen molar-refractivity contribution in [1.82, 2.24) is 5.48 Å². The molecule has 0 aliphatic carbocycles. The van der Waals surface area contributed by atoms with Gasteiger partial charge in [-0.25, -0.2) is 4.79 Å². The van der Waals surface area contributed by atoms with E-state index in [1.807, 2.05) is 38.1 Å². The Hall–Kier alpha value is -2.16. The Kier molecular flexibility index (Phi) is 5.98. The Bertz CT molecular complexity index is 922. The molecule has 0 unspecified atom stereocenters. The number of benzene rings is 1. The van der Waals surface area contributed by atoms with Crippen molar-refractivity contribution in [3.8, 4) is 0 Å². The van der Waals surface area contributed by atoms with E-state index in [1.165, 1.54) is 11.3 Å². The first-order valence-electron chi connectivity index (χ1n) is 8.38. The minimum Gasteiger partial charge on any atom is -0.462 e. The lowest BCUT2D eigenvalue weighted by Crippen LogP contribution is -2.28. The van der Waals surface area contributed by atoms with Crippen molar-refractivity contribution in [3.05, 3.63) is 56.4 Å². The molecule has 0 bridgehead atoms. The van der Waals surface area contributed by atoms with Gasteiger partial charge in [-0.1, -0.05) is 28.1 Å². The third-order valence-electron chi connectivity index (χ3n) is 4.11. The highest BCUT2D eigenvalue weighted by atomic mass is 79.9. The summed E-state index contributed by atoms with van der Waals surface area (Å²) >= 11 is 4.77. The van der Waals surface area contributed by atoms with Crippen molar-refractivity contribution in [1.29, 1.82) is 0 Å². The molecule has 1 aliphatic rings. The van der Waals surface area contributed by atoms with Gasteiger partial charge in [0.15, 0.2) is 6.10 Å². The van der Waals surface area contributed by atoms with E-state index in [0.29, 0.717) is 16.3 Å². The van der Waals surface area contributed by atoms with Crippen LogP contribution in [0.2, 0.25) is 0 Å². The maximum Gasteiger partial charge on any atom is 0.341 e. The second-order valence-electron chi connectivity index (χ2n) is 5.93. The summed E-state index contributed by atoms with van der Waals surface area (Å²) in [7, 11) is 0. The molecule has 1 atom stereocenters. The van der Waals surface area contributed by atoms with Gasteiger partial charge in [0.05, 0.1) is 17.9 Å². The number of halogens is 1. The number of thiophene rings is 1. The van der Waals surface area contributed by atoms with E-state index in [2.05, 4.69) is 26.7 Å². The Morgan fingerprint density at radius 3 is 2.85 bits per heavy atom. The maximum atomic E-state index is 12.6. The van der Waals surface area contributed by atoms with Gasteiger partial charge in [-0.3, -0.25) is 15.1 Å². The fourth-order valence-electron chi connectivity index (χ4n) is 2.63. The van der Waals surface area contributed by atoms with Gasteiger partial charge in [-0.05, 0) is 44.5 Å². The predicted molar refractivity (Wildman–Crippen MR) is 109 cm³/mol. The van der Waals surface area contributed by atoms with Crippen molar-refractivity contribution >= 4 is 49.8 Å². The second-order valence-corrected chi connectivity index (χ2v) is 8.07. The molecule has 0 saturated heterocycles. The quantitative estimate of drug-likeness (QED) is 0.667.